The molecule has 43 heavy (non-hydrogen) atoms. The summed E-state index contributed by atoms with van der Waals surface area (Å²) >= 11 is 0. The Kier molecular flexibility index (Phi) is 19.6. The molecule has 2 aromatic carbocycles. The predicted molar refractivity (Wildman–Crippen MR) is 175 cm³/mol. The van der Waals surface area contributed by atoms with Crippen molar-refractivity contribution < 1.29 is 32.3 Å². The van der Waals surface area contributed by atoms with Crippen LogP contribution in [0.15, 0.2) is 61.2 Å². The molecule has 0 saturated heterocycles. The first-order valence-electron chi connectivity index (χ1n) is 16.2. The number of benzene rings is 2. The Morgan fingerprint density at radius 1 is 0.674 bits per heavy atom. The minimum atomic E-state index is -2.54. The first-order chi connectivity index (χ1) is 21.1. The quantitative estimate of drug-likeness (QED) is 0.0455. The van der Waals surface area contributed by atoms with E-state index in [4.69, 9.17) is 27.5 Å². The molecule has 2 rings (SSSR count). The van der Waals surface area contributed by atoms with Gasteiger partial charge in [-0.05, 0) is 68.9 Å². The summed E-state index contributed by atoms with van der Waals surface area (Å²) in [6, 6.07) is 17.0. The van der Waals surface area contributed by atoms with Crippen LogP contribution in [0.4, 0.5) is 0 Å². The summed E-state index contributed by atoms with van der Waals surface area (Å²) in [6.07, 6.45) is 11.8. The van der Waals surface area contributed by atoms with Crippen LogP contribution in [0.1, 0.15) is 84.1 Å². The highest BCUT2D eigenvalue weighted by atomic mass is 28.4. The van der Waals surface area contributed by atoms with Crippen molar-refractivity contribution in [1.82, 2.24) is 0 Å². The van der Waals surface area contributed by atoms with Gasteiger partial charge in [0.2, 0.25) is 0 Å². The van der Waals surface area contributed by atoms with E-state index in [2.05, 4.69) is 18.7 Å². The van der Waals surface area contributed by atoms with Crippen LogP contribution in [0.2, 0.25) is 6.04 Å². The summed E-state index contributed by atoms with van der Waals surface area (Å²) in [5.74, 6) is 0.487. The van der Waals surface area contributed by atoms with Gasteiger partial charge in [0, 0.05) is 45.2 Å². The van der Waals surface area contributed by atoms with E-state index >= 15 is 0 Å². The van der Waals surface area contributed by atoms with E-state index in [1.165, 1.54) is 44.6 Å². The minimum absolute atomic E-state index is 0.248. The van der Waals surface area contributed by atoms with Crippen molar-refractivity contribution >= 4 is 14.8 Å². The van der Waals surface area contributed by atoms with E-state index in [-0.39, 0.29) is 6.61 Å². The Labute approximate surface area is 261 Å². The fourth-order valence-corrected chi connectivity index (χ4v) is 7.38. The molecule has 0 atom stereocenters. The molecule has 2 aromatic rings. The van der Waals surface area contributed by atoms with Gasteiger partial charge in [0.05, 0.1) is 6.61 Å². The molecule has 0 aliphatic rings. The maximum Gasteiger partial charge on any atom is 0.501 e. The fourth-order valence-electron chi connectivity index (χ4n) is 4.80. The van der Waals surface area contributed by atoms with Crippen LogP contribution in [0, 0.1) is 0 Å². The molecule has 0 radical (unpaired) electrons. The van der Waals surface area contributed by atoms with Gasteiger partial charge < -0.3 is 27.5 Å². The third kappa shape index (κ3) is 15.7. The van der Waals surface area contributed by atoms with Crippen molar-refractivity contribution in [3.05, 3.63) is 66.7 Å². The average Bonchev–Trinajstić information content (AvgIpc) is 3.02. The van der Waals surface area contributed by atoms with Crippen LogP contribution in [-0.4, -0.2) is 54.4 Å². The monoisotopic (exact) mass is 614 g/mol. The lowest BCUT2D eigenvalue weighted by atomic mass is 10.0. The van der Waals surface area contributed by atoms with Crippen LogP contribution in [0.3, 0.4) is 0 Å². The van der Waals surface area contributed by atoms with Crippen molar-refractivity contribution in [2.24, 2.45) is 0 Å². The number of ether oxygens (including phenoxy) is 3. The molecule has 0 aromatic heterocycles. The maximum atomic E-state index is 11.2. The SMILES string of the molecule is C=CC(=O)OCc1ccc(-c2ccc(OCCCCCCCCCCOCCC[Si](OCC)(OCC)OCC)cc2)cc1. The van der Waals surface area contributed by atoms with Gasteiger partial charge in [0.25, 0.3) is 0 Å². The molecule has 0 N–H and O–H groups in total. The van der Waals surface area contributed by atoms with Gasteiger partial charge in [-0.25, -0.2) is 4.79 Å². The van der Waals surface area contributed by atoms with Gasteiger partial charge in [-0.3, -0.25) is 0 Å². The van der Waals surface area contributed by atoms with Crippen molar-refractivity contribution in [1.29, 1.82) is 0 Å². The lowest BCUT2D eigenvalue weighted by Gasteiger charge is -2.28. The smallest absolute Gasteiger partial charge is 0.494 e. The van der Waals surface area contributed by atoms with Gasteiger partial charge >= 0.3 is 14.8 Å². The molecule has 240 valence electrons. The third-order valence-corrected chi connectivity index (χ3v) is 10.2. The van der Waals surface area contributed by atoms with Crippen LogP contribution in [0.5, 0.6) is 5.75 Å². The molecule has 0 bridgehead atoms. The van der Waals surface area contributed by atoms with E-state index in [1.54, 1.807) is 0 Å². The number of unbranched alkanes of at least 4 members (excludes halogenated alkanes) is 7. The topological polar surface area (TPSA) is 72.5 Å². The van der Waals surface area contributed by atoms with Crippen molar-refractivity contribution in [2.75, 3.05) is 39.6 Å². The van der Waals surface area contributed by atoms with Crippen molar-refractivity contribution in [2.45, 2.75) is 91.2 Å². The van der Waals surface area contributed by atoms with Crippen LogP contribution < -0.4 is 4.74 Å². The molecule has 0 saturated carbocycles. The molecule has 0 aliphatic carbocycles. The lowest BCUT2D eigenvalue weighted by molar-refractivity contribution is -0.138. The fraction of sp³-hybridized carbons (Fsp3) is 0.571. The molecular formula is C35H54O7Si. The first-order valence-corrected chi connectivity index (χ1v) is 18.1. The number of hydrogen-bond donors (Lipinski definition) is 0. The normalized spacial score (nSPS) is 11.4. The van der Waals surface area contributed by atoms with Gasteiger partial charge in [-0.2, -0.15) is 0 Å². The summed E-state index contributed by atoms with van der Waals surface area (Å²) < 4.78 is 34.6. The standard InChI is InChI=1S/C35H54O7Si/c1-5-35(36)39-30-31-18-20-32(21-19-31)33-22-24-34(25-23-33)38-28-16-14-12-10-9-11-13-15-26-37-27-17-29-43(40-6-2,41-7-3)42-8-4/h5,18-25H,1,6-17,26-30H2,2-4H3. The zero-order valence-electron chi connectivity index (χ0n) is 26.8. The molecule has 8 heteroatoms. The second-order valence-electron chi connectivity index (χ2n) is 10.4. The summed E-state index contributed by atoms with van der Waals surface area (Å²) in [6.45, 7) is 13.8. The van der Waals surface area contributed by atoms with E-state index in [0.29, 0.717) is 19.8 Å². The van der Waals surface area contributed by atoms with Crippen LogP contribution in [-0.2, 0) is 34.2 Å². The highest BCUT2D eigenvalue weighted by molar-refractivity contribution is 6.60. The van der Waals surface area contributed by atoms with Crippen molar-refractivity contribution in [3.63, 3.8) is 0 Å². The molecule has 0 fully saturated rings. The first kappa shape index (κ1) is 36.7. The van der Waals surface area contributed by atoms with Gasteiger partial charge in [0.1, 0.15) is 12.4 Å². The maximum absolute atomic E-state index is 11.2. The zero-order chi connectivity index (χ0) is 31.0. The molecule has 0 aliphatic heterocycles. The largest absolute Gasteiger partial charge is 0.501 e. The summed E-state index contributed by atoms with van der Waals surface area (Å²) in [5.41, 5.74) is 3.18. The Balaban J connectivity index is 1.45. The summed E-state index contributed by atoms with van der Waals surface area (Å²) in [4.78, 5) is 11.2. The molecule has 0 unspecified atom stereocenters. The second kappa shape index (κ2) is 23.0. The van der Waals surface area contributed by atoms with Gasteiger partial charge in [-0.15, -0.1) is 0 Å². The highest BCUT2D eigenvalue weighted by Crippen LogP contribution is 2.23. The third-order valence-electron chi connectivity index (χ3n) is 7.01. The number of carbonyl (C=O) groups excluding carboxylic acids is 1. The van der Waals surface area contributed by atoms with E-state index in [9.17, 15) is 4.79 Å². The Morgan fingerprint density at radius 3 is 1.70 bits per heavy atom. The Morgan fingerprint density at radius 2 is 1.16 bits per heavy atom. The molecule has 0 heterocycles. The number of esters is 1. The molecule has 0 amide bonds. The lowest BCUT2D eigenvalue weighted by Crippen LogP contribution is -2.46. The molecular weight excluding hydrogens is 560 g/mol. The van der Waals surface area contributed by atoms with Crippen LogP contribution >= 0.6 is 0 Å². The van der Waals surface area contributed by atoms with E-state index in [0.717, 1.165) is 67.6 Å². The van der Waals surface area contributed by atoms with Gasteiger partial charge in [-0.1, -0.05) is 81.5 Å². The second-order valence-corrected chi connectivity index (χ2v) is 13.1. The number of carbonyl (C=O) groups is 1. The van der Waals surface area contributed by atoms with Crippen LogP contribution in [0.25, 0.3) is 11.1 Å². The minimum Gasteiger partial charge on any atom is -0.494 e. The van der Waals surface area contributed by atoms with Crippen molar-refractivity contribution in [3.8, 4) is 16.9 Å². The number of hydrogen-bond acceptors (Lipinski definition) is 7. The Hall–Kier alpha value is -2.49. The molecule has 7 nitrogen and oxygen atoms in total. The predicted octanol–water partition coefficient (Wildman–Crippen LogP) is 8.54. The van der Waals surface area contributed by atoms with E-state index < -0.39 is 14.8 Å². The average molecular weight is 615 g/mol. The summed E-state index contributed by atoms with van der Waals surface area (Å²) in [7, 11) is -2.54. The molecule has 0 spiro atoms. The highest BCUT2D eigenvalue weighted by Gasteiger charge is 2.39. The number of rotatable bonds is 26. The van der Waals surface area contributed by atoms with E-state index in [1.807, 2.05) is 57.2 Å². The van der Waals surface area contributed by atoms with Gasteiger partial charge in [0.15, 0.2) is 0 Å². The summed E-state index contributed by atoms with van der Waals surface area (Å²) in [5, 5.41) is 0. The Bertz CT molecular complexity index is 977. The zero-order valence-corrected chi connectivity index (χ0v) is 27.8.